The van der Waals surface area contributed by atoms with Gasteiger partial charge in [-0.05, 0) is 36.5 Å². The van der Waals surface area contributed by atoms with Gasteiger partial charge in [0.15, 0.2) is 16.4 Å². The quantitative estimate of drug-likeness (QED) is 0.581. The number of H-pyrrole nitrogens is 1. The predicted octanol–water partition coefficient (Wildman–Crippen LogP) is 4.19. The Bertz CT molecular complexity index is 815. The predicted molar refractivity (Wildman–Crippen MR) is 77.8 cm³/mol. The van der Waals surface area contributed by atoms with Crippen LogP contribution in [0.4, 0.5) is 0 Å². The molecular formula is C13H10ClN3OS. The zero-order valence-electron chi connectivity index (χ0n) is 9.89. The molecule has 4 nitrogen and oxygen atoms in total. The minimum Gasteiger partial charge on any atom is -0.453 e. The van der Waals surface area contributed by atoms with Crippen molar-refractivity contribution >= 4 is 34.8 Å². The summed E-state index contributed by atoms with van der Waals surface area (Å²) in [6, 6.07) is 7.37. The fraction of sp³-hybridized carbons (Fsp3) is 0.0769. The second kappa shape index (κ2) is 4.68. The van der Waals surface area contributed by atoms with Crippen LogP contribution in [0.25, 0.3) is 22.6 Å². The average Bonchev–Trinajstić information content (AvgIpc) is 2.94. The van der Waals surface area contributed by atoms with Crippen molar-refractivity contribution in [2.75, 3.05) is 0 Å². The number of rotatable bonds is 3. The van der Waals surface area contributed by atoms with Gasteiger partial charge in [0.1, 0.15) is 5.58 Å². The van der Waals surface area contributed by atoms with Crippen LogP contribution in [0.1, 0.15) is 0 Å². The summed E-state index contributed by atoms with van der Waals surface area (Å²) in [4.78, 5) is 0. The highest BCUT2D eigenvalue weighted by atomic mass is 35.5. The standard InChI is InChI=1S/C13H10ClN3OS/c1-2-5-17-12(15-16-13(17)19)11-7-8-6-9(14)3-4-10(8)18-11/h2-4,6-7H,1,5H2,(H,16,19). The van der Waals surface area contributed by atoms with E-state index in [9.17, 15) is 0 Å². The van der Waals surface area contributed by atoms with Crippen LogP contribution in [-0.2, 0) is 6.54 Å². The Morgan fingerprint density at radius 1 is 1.47 bits per heavy atom. The molecule has 19 heavy (non-hydrogen) atoms. The highest BCUT2D eigenvalue weighted by Crippen LogP contribution is 2.28. The van der Waals surface area contributed by atoms with E-state index in [4.69, 9.17) is 28.2 Å². The number of furan rings is 1. The van der Waals surface area contributed by atoms with Crippen molar-refractivity contribution in [3.63, 3.8) is 0 Å². The maximum absolute atomic E-state index is 5.96. The Morgan fingerprint density at radius 2 is 2.32 bits per heavy atom. The average molecular weight is 292 g/mol. The highest BCUT2D eigenvalue weighted by Gasteiger charge is 2.13. The Kier molecular flexibility index (Phi) is 3.00. The molecule has 96 valence electrons. The summed E-state index contributed by atoms with van der Waals surface area (Å²) in [7, 11) is 0. The molecule has 0 saturated carbocycles. The molecule has 3 aromatic rings. The topological polar surface area (TPSA) is 46.8 Å². The van der Waals surface area contributed by atoms with Gasteiger partial charge in [0.2, 0.25) is 0 Å². The van der Waals surface area contributed by atoms with Gasteiger partial charge in [0.05, 0.1) is 0 Å². The maximum atomic E-state index is 5.96. The second-order valence-corrected chi connectivity index (χ2v) is 4.87. The molecule has 0 radical (unpaired) electrons. The van der Waals surface area contributed by atoms with Gasteiger partial charge in [-0.25, -0.2) is 0 Å². The lowest BCUT2D eigenvalue weighted by Gasteiger charge is -1.99. The summed E-state index contributed by atoms with van der Waals surface area (Å²) < 4.78 is 8.12. The molecule has 1 aromatic carbocycles. The zero-order valence-corrected chi connectivity index (χ0v) is 11.5. The summed E-state index contributed by atoms with van der Waals surface area (Å²) in [5.74, 6) is 1.30. The molecule has 0 amide bonds. The van der Waals surface area contributed by atoms with Crippen LogP contribution in [0.15, 0.2) is 41.3 Å². The van der Waals surface area contributed by atoms with Crippen molar-refractivity contribution in [1.29, 1.82) is 0 Å². The van der Waals surface area contributed by atoms with Crippen LogP contribution in [-0.4, -0.2) is 14.8 Å². The third-order valence-corrected chi connectivity index (χ3v) is 3.32. The lowest BCUT2D eigenvalue weighted by molar-refractivity contribution is 0.617. The number of halogens is 1. The normalized spacial score (nSPS) is 11.0. The molecule has 0 aliphatic heterocycles. The third-order valence-electron chi connectivity index (χ3n) is 2.77. The van der Waals surface area contributed by atoms with Crippen LogP contribution in [0.5, 0.6) is 0 Å². The van der Waals surface area contributed by atoms with Gasteiger partial charge in [0, 0.05) is 17.0 Å². The van der Waals surface area contributed by atoms with Crippen molar-refractivity contribution < 1.29 is 4.42 Å². The van der Waals surface area contributed by atoms with Crippen molar-refractivity contribution in [3.05, 3.63) is 46.7 Å². The molecule has 0 saturated heterocycles. The first-order valence-electron chi connectivity index (χ1n) is 5.64. The van der Waals surface area contributed by atoms with E-state index in [1.54, 1.807) is 12.1 Å². The van der Waals surface area contributed by atoms with Gasteiger partial charge >= 0.3 is 0 Å². The number of aromatic amines is 1. The van der Waals surface area contributed by atoms with E-state index < -0.39 is 0 Å². The van der Waals surface area contributed by atoms with Crippen LogP contribution >= 0.6 is 23.8 Å². The highest BCUT2D eigenvalue weighted by molar-refractivity contribution is 7.71. The van der Waals surface area contributed by atoms with Gasteiger partial charge in [0.25, 0.3) is 0 Å². The molecule has 0 spiro atoms. The maximum Gasteiger partial charge on any atom is 0.198 e. The number of aromatic nitrogens is 3. The molecular weight excluding hydrogens is 282 g/mol. The molecule has 2 aromatic heterocycles. The summed E-state index contributed by atoms with van der Waals surface area (Å²) >= 11 is 11.1. The fourth-order valence-corrected chi connectivity index (χ4v) is 2.32. The van der Waals surface area contributed by atoms with Gasteiger partial charge in [-0.1, -0.05) is 17.7 Å². The number of nitrogens with zero attached hydrogens (tertiary/aromatic N) is 2. The summed E-state index contributed by atoms with van der Waals surface area (Å²) in [5.41, 5.74) is 0.762. The monoisotopic (exact) mass is 291 g/mol. The van der Waals surface area contributed by atoms with Crippen molar-refractivity contribution in [2.45, 2.75) is 6.54 Å². The molecule has 3 rings (SSSR count). The SMILES string of the molecule is C=CCn1c(-c2cc3cc(Cl)ccc3o2)n[nH]c1=S. The van der Waals surface area contributed by atoms with E-state index in [1.807, 2.05) is 22.8 Å². The number of allylic oxidation sites excluding steroid dienone is 1. The molecule has 6 heteroatoms. The van der Waals surface area contributed by atoms with Gasteiger partial charge < -0.3 is 4.42 Å². The van der Waals surface area contributed by atoms with Crippen LogP contribution in [0, 0.1) is 4.77 Å². The molecule has 0 atom stereocenters. The van der Waals surface area contributed by atoms with Gasteiger partial charge in [-0.15, -0.1) is 6.58 Å². The zero-order chi connectivity index (χ0) is 13.4. The Morgan fingerprint density at radius 3 is 3.11 bits per heavy atom. The second-order valence-electron chi connectivity index (χ2n) is 4.04. The summed E-state index contributed by atoms with van der Waals surface area (Å²) in [6.07, 6.45) is 1.76. The number of hydrogen-bond acceptors (Lipinski definition) is 3. The van der Waals surface area contributed by atoms with E-state index in [2.05, 4.69) is 16.8 Å². The van der Waals surface area contributed by atoms with Crippen LogP contribution in [0.3, 0.4) is 0 Å². The number of hydrogen-bond donors (Lipinski definition) is 1. The van der Waals surface area contributed by atoms with Crippen molar-refractivity contribution in [2.24, 2.45) is 0 Å². The molecule has 2 heterocycles. The number of nitrogens with one attached hydrogen (secondary N) is 1. The fourth-order valence-electron chi connectivity index (χ4n) is 1.93. The number of benzene rings is 1. The Labute approximate surface area is 119 Å². The van der Waals surface area contributed by atoms with E-state index in [-0.39, 0.29) is 0 Å². The van der Waals surface area contributed by atoms with E-state index in [1.165, 1.54) is 0 Å². The summed E-state index contributed by atoms with van der Waals surface area (Å²) in [6.45, 7) is 4.28. The van der Waals surface area contributed by atoms with E-state index >= 15 is 0 Å². The third kappa shape index (κ3) is 2.11. The Hall–Kier alpha value is -1.85. The van der Waals surface area contributed by atoms with E-state index in [0.29, 0.717) is 27.9 Å². The first kappa shape index (κ1) is 12.2. The molecule has 0 unspecified atom stereocenters. The minimum atomic E-state index is 0.536. The molecule has 0 fully saturated rings. The van der Waals surface area contributed by atoms with E-state index in [0.717, 1.165) is 11.0 Å². The van der Waals surface area contributed by atoms with Crippen molar-refractivity contribution in [3.8, 4) is 11.6 Å². The summed E-state index contributed by atoms with van der Waals surface area (Å²) in [5, 5.41) is 8.55. The molecule has 1 N–H and O–H groups in total. The van der Waals surface area contributed by atoms with Gasteiger partial charge in [-0.2, -0.15) is 5.10 Å². The molecule has 0 aliphatic carbocycles. The first-order valence-corrected chi connectivity index (χ1v) is 6.43. The largest absolute Gasteiger partial charge is 0.453 e. The van der Waals surface area contributed by atoms with Crippen LogP contribution in [0.2, 0.25) is 5.02 Å². The smallest absolute Gasteiger partial charge is 0.198 e. The number of fused-ring (bicyclic) bond motifs is 1. The molecule has 0 aliphatic rings. The first-order chi connectivity index (χ1) is 9.19. The van der Waals surface area contributed by atoms with Crippen LogP contribution < -0.4 is 0 Å². The lowest BCUT2D eigenvalue weighted by atomic mass is 10.2. The van der Waals surface area contributed by atoms with Crippen molar-refractivity contribution in [1.82, 2.24) is 14.8 Å². The van der Waals surface area contributed by atoms with Gasteiger partial charge in [-0.3, -0.25) is 9.67 Å². The minimum absolute atomic E-state index is 0.536. The lowest BCUT2D eigenvalue weighted by Crippen LogP contribution is -1.97. The Balaban J connectivity index is 2.19. The molecule has 0 bridgehead atoms.